The van der Waals surface area contributed by atoms with Crippen LogP contribution in [0, 0.1) is 11.3 Å². The van der Waals surface area contributed by atoms with Crippen molar-refractivity contribution in [1.82, 2.24) is 0 Å². The summed E-state index contributed by atoms with van der Waals surface area (Å²) in [5.41, 5.74) is 2.65. The third-order valence-electron chi connectivity index (χ3n) is 2.66. The highest BCUT2D eigenvalue weighted by atomic mass is 16.5. The van der Waals surface area contributed by atoms with Gasteiger partial charge >= 0.3 is 0 Å². The van der Waals surface area contributed by atoms with Gasteiger partial charge in [-0.25, -0.2) is 0 Å². The molecule has 2 aromatic carbocycles. The Labute approximate surface area is 112 Å². The minimum absolute atomic E-state index is 0.772. The minimum atomic E-state index is 0.772. The van der Waals surface area contributed by atoms with Crippen LogP contribution in [0.15, 0.2) is 60.7 Å². The molecule has 1 N–H and O–H groups in total. The Morgan fingerprint density at radius 1 is 1.11 bits per heavy atom. The van der Waals surface area contributed by atoms with Gasteiger partial charge in [0.05, 0.1) is 18.9 Å². The number of hydrogen-bond donors (Lipinski definition) is 1. The standard InChI is InChI=1S/C16H14N2O/c1-19-15-9-7-14(8-10-15)18-16(11-12-17)13-5-3-2-4-6-13/h2-11,18H,1H3/b16-11+. The lowest BCUT2D eigenvalue weighted by atomic mass is 10.1. The lowest BCUT2D eigenvalue weighted by molar-refractivity contribution is 0.415. The van der Waals surface area contributed by atoms with Gasteiger partial charge in [-0.1, -0.05) is 30.3 Å². The molecular formula is C16H14N2O. The molecule has 0 aliphatic heterocycles. The molecule has 0 spiro atoms. The van der Waals surface area contributed by atoms with E-state index in [0.717, 1.165) is 22.7 Å². The Kier molecular flexibility index (Phi) is 4.20. The molecule has 3 heteroatoms. The summed E-state index contributed by atoms with van der Waals surface area (Å²) >= 11 is 0. The quantitative estimate of drug-likeness (QED) is 0.842. The van der Waals surface area contributed by atoms with E-state index in [4.69, 9.17) is 10.00 Å². The smallest absolute Gasteiger partial charge is 0.119 e. The molecule has 0 aliphatic rings. The summed E-state index contributed by atoms with van der Waals surface area (Å²) in [6.45, 7) is 0. The van der Waals surface area contributed by atoms with Crippen molar-refractivity contribution < 1.29 is 4.74 Å². The predicted molar refractivity (Wildman–Crippen MR) is 76.6 cm³/mol. The molecule has 2 aromatic rings. The maximum absolute atomic E-state index is 8.87. The summed E-state index contributed by atoms with van der Waals surface area (Å²) in [6.07, 6.45) is 1.50. The summed E-state index contributed by atoms with van der Waals surface area (Å²) < 4.78 is 5.11. The van der Waals surface area contributed by atoms with Crippen LogP contribution in [-0.2, 0) is 0 Å². The molecule has 0 saturated carbocycles. The molecular weight excluding hydrogens is 236 g/mol. The lowest BCUT2D eigenvalue weighted by Crippen LogP contribution is -1.98. The molecule has 0 aromatic heterocycles. The molecule has 0 saturated heterocycles. The summed E-state index contributed by atoms with van der Waals surface area (Å²) in [6, 6.07) is 19.4. The highest BCUT2D eigenvalue weighted by Crippen LogP contribution is 2.20. The van der Waals surface area contributed by atoms with Crippen LogP contribution >= 0.6 is 0 Å². The second-order valence-corrected chi connectivity index (χ2v) is 3.91. The molecule has 0 amide bonds. The van der Waals surface area contributed by atoms with Crippen LogP contribution in [0.1, 0.15) is 5.56 Å². The summed E-state index contributed by atoms with van der Waals surface area (Å²) in [5, 5.41) is 12.1. The van der Waals surface area contributed by atoms with Gasteiger partial charge in [0.15, 0.2) is 0 Å². The first-order valence-corrected chi connectivity index (χ1v) is 5.90. The van der Waals surface area contributed by atoms with Crippen molar-refractivity contribution in [2.24, 2.45) is 0 Å². The maximum Gasteiger partial charge on any atom is 0.119 e. The topological polar surface area (TPSA) is 45.0 Å². The van der Waals surface area contributed by atoms with Gasteiger partial charge in [0.2, 0.25) is 0 Å². The van der Waals surface area contributed by atoms with Gasteiger partial charge in [-0.15, -0.1) is 0 Å². The Morgan fingerprint density at radius 2 is 1.79 bits per heavy atom. The van der Waals surface area contributed by atoms with Crippen LogP contribution in [0.25, 0.3) is 5.70 Å². The lowest BCUT2D eigenvalue weighted by Gasteiger charge is -2.10. The number of allylic oxidation sites excluding steroid dienone is 1. The van der Waals surface area contributed by atoms with Gasteiger partial charge < -0.3 is 10.1 Å². The summed E-state index contributed by atoms with van der Waals surface area (Å²) in [5.74, 6) is 0.802. The third-order valence-corrected chi connectivity index (χ3v) is 2.66. The molecule has 94 valence electrons. The molecule has 2 rings (SSSR count). The van der Waals surface area contributed by atoms with Crippen molar-refractivity contribution >= 4 is 11.4 Å². The largest absolute Gasteiger partial charge is 0.497 e. The first-order chi connectivity index (χ1) is 9.33. The zero-order valence-corrected chi connectivity index (χ0v) is 10.6. The van der Waals surface area contributed by atoms with Gasteiger partial charge in [0.1, 0.15) is 5.75 Å². The predicted octanol–water partition coefficient (Wildman–Crippen LogP) is 3.67. The van der Waals surface area contributed by atoms with Crippen molar-refractivity contribution in [3.05, 3.63) is 66.2 Å². The fraction of sp³-hybridized carbons (Fsp3) is 0.0625. The fourth-order valence-corrected chi connectivity index (χ4v) is 1.70. The molecule has 0 unspecified atom stereocenters. The molecule has 0 atom stereocenters. The number of methoxy groups -OCH3 is 1. The highest BCUT2D eigenvalue weighted by Gasteiger charge is 2.01. The SMILES string of the molecule is COc1ccc(N/C(=C/C#N)c2ccccc2)cc1. The summed E-state index contributed by atoms with van der Waals surface area (Å²) in [7, 11) is 1.63. The van der Waals surface area contributed by atoms with Crippen LogP contribution in [0.5, 0.6) is 5.75 Å². The average molecular weight is 250 g/mol. The Hall–Kier alpha value is -2.73. The first-order valence-electron chi connectivity index (χ1n) is 5.90. The second-order valence-electron chi connectivity index (χ2n) is 3.91. The average Bonchev–Trinajstić information content (AvgIpc) is 2.48. The normalized spacial score (nSPS) is 10.6. The van der Waals surface area contributed by atoms with Crippen LogP contribution in [0.2, 0.25) is 0 Å². The minimum Gasteiger partial charge on any atom is -0.497 e. The molecule has 0 fully saturated rings. The number of nitrogens with zero attached hydrogens (tertiary/aromatic N) is 1. The van der Waals surface area contributed by atoms with Crippen molar-refractivity contribution in [3.63, 3.8) is 0 Å². The molecule has 0 bridgehead atoms. The molecule has 19 heavy (non-hydrogen) atoms. The second kappa shape index (κ2) is 6.27. The van der Waals surface area contributed by atoms with Crippen molar-refractivity contribution in [2.45, 2.75) is 0 Å². The van der Waals surface area contributed by atoms with Gasteiger partial charge in [-0.05, 0) is 29.8 Å². The number of anilines is 1. The van der Waals surface area contributed by atoms with E-state index in [2.05, 4.69) is 11.4 Å². The van der Waals surface area contributed by atoms with Gasteiger partial charge in [-0.2, -0.15) is 5.26 Å². The Morgan fingerprint density at radius 3 is 2.37 bits per heavy atom. The van der Waals surface area contributed by atoms with E-state index in [0.29, 0.717) is 0 Å². The van der Waals surface area contributed by atoms with Crippen molar-refractivity contribution in [3.8, 4) is 11.8 Å². The number of hydrogen-bond acceptors (Lipinski definition) is 3. The monoisotopic (exact) mass is 250 g/mol. The Bertz CT molecular complexity index is 595. The molecule has 0 aliphatic carbocycles. The van der Waals surface area contributed by atoms with E-state index in [-0.39, 0.29) is 0 Å². The number of nitriles is 1. The van der Waals surface area contributed by atoms with Crippen LogP contribution in [0.3, 0.4) is 0 Å². The number of nitrogens with one attached hydrogen (secondary N) is 1. The zero-order valence-electron chi connectivity index (χ0n) is 10.6. The van der Waals surface area contributed by atoms with Crippen LogP contribution in [-0.4, -0.2) is 7.11 Å². The molecule has 0 radical (unpaired) electrons. The van der Waals surface area contributed by atoms with E-state index in [1.54, 1.807) is 7.11 Å². The van der Waals surface area contributed by atoms with Crippen LogP contribution < -0.4 is 10.1 Å². The Balaban J connectivity index is 2.22. The fourth-order valence-electron chi connectivity index (χ4n) is 1.70. The molecule has 3 nitrogen and oxygen atoms in total. The van der Waals surface area contributed by atoms with Crippen molar-refractivity contribution in [1.29, 1.82) is 5.26 Å². The van der Waals surface area contributed by atoms with E-state index in [1.807, 2.05) is 54.6 Å². The van der Waals surface area contributed by atoms with Crippen LogP contribution in [0.4, 0.5) is 5.69 Å². The van der Waals surface area contributed by atoms with Crippen molar-refractivity contribution in [2.75, 3.05) is 12.4 Å². The van der Waals surface area contributed by atoms with E-state index in [9.17, 15) is 0 Å². The van der Waals surface area contributed by atoms with E-state index < -0.39 is 0 Å². The molecule has 0 heterocycles. The zero-order chi connectivity index (χ0) is 13.5. The van der Waals surface area contributed by atoms with Gasteiger partial charge in [0.25, 0.3) is 0 Å². The summed E-state index contributed by atoms with van der Waals surface area (Å²) in [4.78, 5) is 0. The van der Waals surface area contributed by atoms with Gasteiger partial charge in [-0.3, -0.25) is 0 Å². The first kappa shape index (κ1) is 12.7. The van der Waals surface area contributed by atoms with Gasteiger partial charge in [0, 0.05) is 11.8 Å². The number of benzene rings is 2. The third kappa shape index (κ3) is 3.36. The van der Waals surface area contributed by atoms with E-state index >= 15 is 0 Å². The highest BCUT2D eigenvalue weighted by molar-refractivity contribution is 5.78. The number of rotatable bonds is 4. The number of ether oxygens (including phenoxy) is 1. The maximum atomic E-state index is 8.87. The van der Waals surface area contributed by atoms with E-state index in [1.165, 1.54) is 6.08 Å².